The molecule has 0 N–H and O–H groups in total. The highest BCUT2D eigenvalue weighted by Gasteiger charge is 2.47. The van der Waals surface area contributed by atoms with Gasteiger partial charge >= 0.3 is 5.97 Å². The van der Waals surface area contributed by atoms with Gasteiger partial charge in [-0.3, -0.25) is 19.5 Å². The molecule has 0 unspecified atom stereocenters. The first kappa shape index (κ1) is 20.9. The Hall–Kier alpha value is -4.00. The zero-order chi connectivity index (χ0) is 22.8. The van der Waals surface area contributed by atoms with Crippen LogP contribution >= 0.6 is 0 Å². The first-order valence-corrected chi connectivity index (χ1v) is 11.1. The van der Waals surface area contributed by atoms with Crippen molar-refractivity contribution in [3.05, 3.63) is 90.3 Å². The van der Waals surface area contributed by atoms with Gasteiger partial charge in [-0.25, -0.2) is 4.98 Å². The van der Waals surface area contributed by atoms with Gasteiger partial charge in [0, 0.05) is 18.9 Å². The fraction of sp³-hybridized carbons (Fsp3) is 0.231. The minimum atomic E-state index is -1.02. The molecule has 33 heavy (non-hydrogen) atoms. The Morgan fingerprint density at radius 1 is 1.00 bits per heavy atom. The molecule has 5 rings (SSSR count). The number of hydrogen-bond acceptors (Lipinski definition) is 5. The molecular formula is C26H24N4O3. The van der Waals surface area contributed by atoms with Crippen molar-refractivity contribution < 1.29 is 14.3 Å². The highest BCUT2D eigenvalue weighted by atomic mass is 16.5. The van der Waals surface area contributed by atoms with Gasteiger partial charge in [0.25, 0.3) is 0 Å². The fourth-order valence-corrected chi connectivity index (χ4v) is 4.51. The number of ether oxygens (including phenoxy) is 1. The van der Waals surface area contributed by atoms with E-state index in [2.05, 4.69) is 4.98 Å². The second-order valence-corrected chi connectivity index (χ2v) is 7.95. The highest BCUT2D eigenvalue weighted by molar-refractivity contribution is 6.08. The molecule has 2 aromatic heterocycles. The third-order valence-electron chi connectivity index (χ3n) is 6.00. The molecule has 7 nitrogen and oxygen atoms in total. The largest absolute Gasteiger partial charge is 0.465 e. The van der Waals surface area contributed by atoms with E-state index in [0.29, 0.717) is 18.9 Å². The smallest absolute Gasteiger partial charge is 0.321 e. The maximum Gasteiger partial charge on any atom is 0.321 e. The van der Waals surface area contributed by atoms with E-state index < -0.39 is 17.9 Å². The van der Waals surface area contributed by atoms with Crippen molar-refractivity contribution >= 4 is 28.9 Å². The van der Waals surface area contributed by atoms with Gasteiger partial charge in [-0.2, -0.15) is 0 Å². The number of fused-ring (bicyclic) bond motifs is 3. The van der Waals surface area contributed by atoms with Gasteiger partial charge in [-0.05, 0) is 48.7 Å². The van der Waals surface area contributed by atoms with Crippen LogP contribution in [0, 0.1) is 5.92 Å². The fourth-order valence-electron chi connectivity index (χ4n) is 4.51. The van der Waals surface area contributed by atoms with Crippen molar-refractivity contribution in [2.24, 2.45) is 5.92 Å². The van der Waals surface area contributed by atoms with Gasteiger partial charge in [0.15, 0.2) is 5.92 Å². The number of carbonyl (C=O) groups excluding carboxylic acids is 2. The van der Waals surface area contributed by atoms with Crippen LogP contribution < -0.4 is 4.90 Å². The van der Waals surface area contributed by atoms with Crippen molar-refractivity contribution in [1.82, 2.24) is 14.5 Å². The molecule has 0 aliphatic carbocycles. The summed E-state index contributed by atoms with van der Waals surface area (Å²) in [6.07, 6.45) is 3.98. The topological polar surface area (TPSA) is 77.3 Å². The molecule has 2 atom stereocenters. The van der Waals surface area contributed by atoms with Crippen LogP contribution in [0.15, 0.2) is 79.1 Å². The van der Waals surface area contributed by atoms with E-state index in [1.54, 1.807) is 24.2 Å². The summed E-state index contributed by atoms with van der Waals surface area (Å²) in [5.41, 5.74) is 3.55. The summed E-state index contributed by atoms with van der Waals surface area (Å²) < 4.78 is 7.38. The third kappa shape index (κ3) is 3.75. The predicted octanol–water partition coefficient (Wildman–Crippen LogP) is 3.79. The van der Waals surface area contributed by atoms with Gasteiger partial charge in [0.2, 0.25) is 11.9 Å². The van der Waals surface area contributed by atoms with E-state index in [9.17, 15) is 9.59 Å². The average Bonchev–Trinajstić information content (AvgIpc) is 3.23. The molecular weight excluding hydrogens is 416 g/mol. The Morgan fingerprint density at radius 2 is 1.73 bits per heavy atom. The van der Waals surface area contributed by atoms with Crippen LogP contribution in [0.3, 0.4) is 0 Å². The third-order valence-corrected chi connectivity index (χ3v) is 6.00. The van der Waals surface area contributed by atoms with Crippen LogP contribution in [-0.2, 0) is 20.7 Å². The molecule has 0 fully saturated rings. The molecule has 0 saturated carbocycles. The lowest BCUT2D eigenvalue weighted by Crippen LogP contribution is -2.50. The van der Waals surface area contributed by atoms with Gasteiger partial charge in [-0.1, -0.05) is 42.5 Å². The van der Waals surface area contributed by atoms with Crippen molar-refractivity contribution in [3.63, 3.8) is 0 Å². The number of aromatic nitrogens is 3. The number of pyridine rings is 1. The van der Waals surface area contributed by atoms with E-state index in [1.807, 2.05) is 71.3 Å². The number of rotatable bonds is 6. The summed E-state index contributed by atoms with van der Waals surface area (Å²) in [4.78, 5) is 37.6. The standard InChI is InChI=1S/C26H24N4O3/c1-2-33-25(32)22-23(19-12-15-27-16-13-19)30-21-11-7-6-10-20(21)28-26(30)29(24(22)31)17-14-18-8-4-3-5-9-18/h3-13,15-16,22-23H,2,14,17H2,1H3/t22-,23-/m1/s1. The Kier molecular flexibility index (Phi) is 5.60. The Labute approximate surface area is 191 Å². The summed E-state index contributed by atoms with van der Waals surface area (Å²) in [6, 6.07) is 20.8. The number of anilines is 1. The van der Waals surface area contributed by atoms with E-state index >= 15 is 0 Å². The van der Waals surface area contributed by atoms with Crippen molar-refractivity contribution in [2.45, 2.75) is 19.4 Å². The average molecular weight is 441 g/mol. The van der Waals surface area contributed by atoms with Gasteiger partial charge < -0.3 is 9.30 Å². The predicted molar refractivity (Wildman–Crippen MR) is 125 cm³/mol. The Bertz CT molecular complexity index is 1290. The molecule has 2 aromatic carbocycles. The van der Waals surface area contributed by atoms with E-state index in [-0.39, 0.29) is 12.5 Å². The second kappa shape index (κ2) is 8.86. The van der Waals surface area contributed by atoms with Crippen molar-refractivity contribution in [3.8, 4) is 0 Å². The first-order valence-electron chi connectivity index (χ1n) is 11.1. The van der Waals surface area contributed by atoms with Crippen molar-refractivity contribution in [1.29, 1.82) is 0 Å². The lowest BCUT2D eigenvalue weighted by Gasteiger charge is -2.38. The molecule has 1 aliphatic heterocycles. The summed E-state index contributed by atoms with van der Waals surface area (Å²) in [6.45, 7) is 2.36. The molecule has 0 radical (unpaired) electrons. The molecule has 1 aliphatic rings. The van der Waals surface area contributed by atoms with Gasteiger partial charge in [0.05, 0.1) is 23.7 Å². The number of esters is 1. The quantitative estimate of drug-likeness (QED) is 0.337. The molecule has 3 heterocycles. The number of nitrogens with zero attached hydrogens (tertiary/aromatic N) is 4. The van der Waals surface area contributed by atoms with Crippen LogP contribution in [0.25, 0.3) is 11.0 Å². The molecule has 0 bridgehead atoms. The zero-order valence-corrected chi connectivity index (χ0v) is 18.3. The highest BCUT2D eigenvalue weighted by Crippen LogP contribution is 2.41. The maximum atomic E-state index is 13.8. The van der Waals surface area contributed by atoms with Crippen LogP contribution in [0.5, 0.6) is 0 Å². The van der Waals surface area contributed by atoms with Crippen molar-refractivity contribution in [2.75, 3.05) is 18.1 Å². The molecule has 1 amide bonds. The molecule has 0 saturated heterocycles. The van der Waals surface area contributed by atoms with E-state index in [0.717, 1.165) is 22.2 Å². The van der Waals surface area contributed by atoms with Crippen LogP contribution in [0.1, 0.15) is 24.1 Å². The number of para-hydroxylation sites is 2. The number of hydrogen-bond donors (Lipinski definition) is 0. The van der Waals surface area contributed by atoms with Gasteiger partial charge in [0.1, 0.15) is 0 Å². The molecule has 166 valence electrons. The summed E-state index contributed by atoms with van der Waals surface area (Å²) in [7, 11) is 0. The Balaban J connectivity index is 1.67. The lowest BCUT2D eigenvalue weighted by atomic mass is 9.89. The SMILES string of the molecule is CCOC(=O)[C@H]1C(=O)N(CCc2ccccc2)c2nc3ccccc3n2[C@@H]1c1ccncc1. The zero-order valence-electron chi connectivity index (χ0n) is 18.3. The minimum absolute atomic E-state index is 0.202. The number of amides is 1. The van der Waals surface area contributed by atoms with Gasteiger partial charge in [-0.15, -0.1) is 0 Å². The van der Waals surface area contributed by atoms with E-state index in [1.165, 1.54) is 0 Å². The maximum absolute atomic E-state index is 13.8. The first-order chi connectivity index (χ1) is 16.2. The summed E-state index contributed by atoms with van der Waals surface area (Å²) in [5.74, 6) is -1.31. The molecule has 4 aromatic rings. The number of benzene rings is 2. The Morgan fingerprint density at radius 3 is 2.48 bits per heavy atom. The van der Waals surface area contributed by atoms with Crippen LogP contribution in [0.4, 0.5) is 5.95 Å². The van der Waals surface area contributed by atoms with E-state index in [4.69, 9.17) is 9.72 Å². The summed E-state index contributed by atoms with van der Waals surface area (Å²) in [5, 5.41) is 0. The molecule has 7 heteroatoms. The normalized spacial score (nSPS) is 17.7. The summed E-state index contributed by atoms with van der Waals surface area (Å²) >= 11 is 0. The van der Waals surface area contributed by atoms with Crippen LogP contribution in [0.2, 0.25) is 0 Å². The lowest BCUT2D eigenvalue weighted by molar-refractivity contribution is -0.153. The number of imidazole rings is 1. The number of carbonyl (C=O) groups is 2. The monoisotopic (exact) mass is 440 g/mol. The minimum Gasteiger partial charge on any atom is -0.465 e. The van der Waals surface area contributed by atoms with Crippen LogP contribution in [-0.4, -0.2) is 39.6 Å². The molecule has 0 spiro atoms. The second-order valence-electron chi connectivity index (χ2n) is 7.95.